The minimum Gasteiger partial charge on any atom is -0.489 e. The molecule has 1 unspecified atom stereocenters. The van der Waals surface area contributed by atoms with E-state index in [0.717, 1.165) is 36.9 Å². The van der Waals surface area contributed by atoms with Crippen LogP contribution in [-0.2, 0) is 17.9 Å². The number of carbonyl (C=O) groups excluding carboxylic acids is 1. The number of amides is 1. The van der Waals surface area contributed by atoms with Gasteiger partial charge in [-0.1, -0.05) is 30.7 Å². The van der Waals surface area contributed by atoms with Gasteiger partial charge >= 0.3 is 0 Å². The minimum absolute atomic E-state index is 0.0612. The van der Waals surface area contributed by atoms with Crippen molar-refractivity contribution < 1.29 is 13.9 Å². The smallest absolute Gasteiger partial charge is 0.237 e. The summed E-state index contributed by atoms with van der Waals surface area (Å²) in [6.45, 7) is 1.73. The Kier molecular flexibility index (Phi) is 6.01. The summed E-state index contributed by atoms with van der Waals surface area (Å²) in [6, 6.07) is 13.9. The number of piperidine rings is 1. The Morgan fingerprint density at radius 2 is 2.00 bits per heavy atom. The average molecular weight is 342 g/mol. The number of ether oxygens (including phenoxy) is 1. The Labute approximate surface area is 147 Å². The van der Waals surface area contributed by atoms with E-state index < -0.39 is 0 Å². The van der Waals surface area contributed by atoms with Crippen molar-refractivity contribution in [3.05, 3.63) is 65.5 Å². The molecule has 1 aliphatic heterocycles. The fourth-order valence-corrected chi connectivity index (χ4v) is 2.88. The van der Waals surface area contributed by atoms with Gasteiger partial charge in [-0.05, 0) is 54.8 Å². The van der Waals surface area contributed by atoms with Crippen LogP contribution in [0.1, 0.15) is 30.4 Å². The lowest BCUT2D eigenvalue weighted by atomic mass is 10.0. The third-order valence-corrected chi connectivity index (χ3v) is 4.31. The summed E-state index contributed by atoms with van der Waals surface area (Å²) in [4.78, 5) is 12.1. The first-order valence-corrected chi connectivity index (χ1v) is 8.68. The molecule has 0 saturated carbocycles. The Balaban J connectivity index is 1.46. The predicted molar refractivity (Wildman–Crippen MR) is 94.7 cm³/mol. The van der Waals surface area contributed by atoms with E-state index in [-0.39, 0.29) is 17.8 Å². The summed E-state index contributed by atoms with van der Waals surface area (Å²) in [5.74, 6) is 0.513. The molecule has 132 valence electrons. The molecule has 1 saturated heterocycles. The first kappa shape index (κ1) is 17.4. The number of hydrogen-bond donors (Lipinski definition) is 2. The highest BCUT2D eigenvalue weighted by Crippen LogP contribution is 2.15. The lowest BCUT2D eigenvalue weighted by molar-refractivity contribution is -0.123. The van der Waals surface area contributed by atoms with Crippen LogP contribution in [-0.4, -0.2) is 18.5 Å². The molecule has 1 amide bonds. The van der Waals surface area contributed by atoms with Gasteiger partial charge in [-0.3, -0.25) is 4.79 Å². The quantitative estimate of drug-likeness (QED) is 0.848. The summed E-state index contributed by atoms with van der Waals surface area (Å²) >= 11 is 0. The summed E-state index contributed by atoms with van der Waals surface area (Å²) in [7, 11) is 0. The van der Waals surface area contributed by atoms with Crippen LogP contribution in [0.15, 0.2) is 48.5 Å². The number of hydrogen-bond acceptors (Lipinski definition) is 3. The van der Waals surface area contributed by atoms with Crippen molar-refractivity contribution in [3.63, 3.8) is 0 Å². The molecule has 1 atom stereocenters. The van der Waals surface area contributed by atoms with Crippen molar-refractivity contribution in [2.45, 2.75) is 38.5 Å². The standard InChI is InChI=1S/C20H23FN2O2/c21-17-5-3-4-16(12-17)14-25-18-9-7-15(8-10-18)13-23-20(24)19-6-1-2-11-22-19/h3-5,7-10,12,19,22H,1-2,6,11,13-14H2,(H,23,24). The van der Waals surface area contributed by atoms with Gasteiger partial charge in [0.25, 0.3) is 0 Å². The monoisotopic (exact) mass is 342 g/mol. The van der Waals surface area contributed by atoms with Crippen LogP contribution in [0.25, 0.3) is 0 Å². The van der Waals surface area contributed by atoms with Gasteiger partial charge in [0.2, 0.25) is 5.91 Å². The van der Waals surface area contributed by atoms with Crippen molar-refractivity contribution in [1.82, 2.24) is 10.6 Å². The maximum atomic E-state index is 13.1. The van der Waals surface area contributed by atoms with E-state index in [9.17, 15) is 9.18 Å². The summed E-state index contributed by atoms with van der Waals surface area (Å²) in [6.07, 6.45) is 3.14. The highest BCUT2D eigenvalue weighted by atomic mass is 19.1. The molecule has 25 heavy (non-hydrogen) atoms. The predicted octanol–water partition coefficient (Wildman–Crippen LogP) is 3.16. The third-order valence-electron chi connectivity index (χ3n) is 4.31. The molecule has 1 fully saturated rings. The second-order valence-corrected chi connectivity index (χ2v) is 6.28. The van der Waals surface area contributed by atoms with Gasteiger partial charge in [0, 0.05) is 6.54 Å². The molecule has 0 aliphatic carbocycles. The maximum absolute atomic E-state index is 13.1. The van der Waals surface area contributed by atoms with Crippen LogP contribution < -0.4 is 15.4 Å². The Hall–Kier alpha value is -2.40. The van der Waals surface area contributed by atoms with Crippen LogP contribution in [0, 0.1) is 5.82 Å². The topological polar surface area (TPSA) is 50.4 Å². The van der Waals surface area contributed by atoms with E-state index in [4.69, 9.17) is 4.74 Å². The van der Waals surface area contributed by atoms with Gasteiger partial charge < -0.3 is 15.4 Å². The first-order chi connectivity index (χ1) is 12.2. The Bertz CT molecular complexity index is 697. The summed E-state index contributed by atoms with van der Waals surface area (Å²) < 4.78 is 18.8. The molecule has 0 radical (unpaired) electrons. The molecule has 0 bridgehead atoms. The molecule has 0 aromatic heterocycles. The van der Waals surface area contributed by atoms with E-state index in [0.29, 0.717) is 18.9 Å². The SMILES string of the molecule is O=C(NCc1ccc(OCc2cccc(F)c2)cc1)C1CCCCN1. The number of nitrogens with one attached hydrogen (secondary N) is 2. The van der Waals surface area contributed by atoms with Crippen molar-refractivity contribution >= 4 is 5.91 Å². The molecular formula is C20H23FN2O2. The number of carbonyl (C=O) groups is 1. The van der Waals surface area contributed by atoms with Crippen LogP contribution in [0.5, 0.6) is 5.75 Å². The van der Waals surface area contributed by atoms with Crippen molar-refractivity contribution in [2.24, 2.45) is 0 Å². The van der Waals surface area contributed by atoms with Crippen LogP contribution in [0.2, 0.25) is 0 Å². The number of halogens is 1. The van der Waals surface area contributed by atoms with Gasteiger partial charge in [0.05, 0.1) is 6.04 Å². The van der Waals surface area contributed by atoms with Crippen molar-refractivity contribution in [2.75, 3.05) is 6.54 Å². The molecule has 2 aromatic carbocycles. The highest BCUT2D eigenvalue weighted by Gasteiger charge is 2.19. The van der Waals surface area contributed by atoms with Gasteiger partial charge in [-0.15, -0.1) is 0 Å². The molecule has 4 nitrogen and oxygen atoms in total. The Morgan fingerprint density at radius 1 is 1.16 bits per heavy atom. The van der Waals surface area contributed by atoms with Gasteiger partial charge in [0.1, 0.15) is 18.2 Å². The zero-order valence-corrected chi connectivity index (χ0v) is 14.1. The maximum Gasteiger partial charge on any atom is 0.237 e. The number of benzene rings is 2. The van der Waals surface area contributed by atoms with E-state index in [1.165, 1.54) is 12.1 Å². The second-order valence-electron chi connectivity index (χ2n) is 6.28. The minimum atomic E-state index is -0.264. The lowest BCUT2D eigenvalue weighted by Crippen LogP contribution is -2.46. The van der Waals surface area contributed by atoms with Crippen LogP contribution in [0.4, 0.5) is 4.39 Å². The van der Waals surface area contributed by atoms with Gasteiger partial charge in [0.15, 0.2) is 0 Å². The van der Waals surface area contributed by atoms with E-state index in [1.807, 2.05) is 30.3 Å². The molecule has 2 aromatic rings. The summed E-state index contributed by atoms with van der Waals surface area (Å²) in [5, 5.41) is 6.21. The molecule has 3 rings (SSSR count). The summed E-state index contributed by atoms with van der Waals surface area (Å²) in [5.41, 5.74) is 1.80. The van der Waals surface area contributed by atoms with E-state index in [2.05, 4.69) is 10.6 Å². The van der Waals surface area contributed by atoms with Crippen LogP contribution >= 0.6 is 0 Å². The molecule has 1 heterocycles. The van der Waals surface area contributed by atoms with E-state index in [1.54, 1.807) is 6.07 Å². The highest BCUT2D eigenvalue weighted by molar-refractivity contribution is 5.81. The zero-order valence-electron chi connectivity index (χ0n) is 14.1. The zero-order chi connectivity index (χ0) is 17.5. The third kappa shape index (κ3) is 5.29. The van der Waals surface area contributed by atoms with Crippen molar-refractivity contribution in [3.8, 4) is 5.75 Å². The molecular weight excluding hydrogens is 319 g/mol. The molecule has 5 heteroatoms. The number of rotatable bonds is 6. The fourth-order valence-electron chi connectivity index (χ4n) is 2.88. The van der Waals surface area contributed by atoms with Gasteiger partial charge in [-0.2, -0.15) is 0 Å². The fraction of sp³-hybridized carbons (Fsp3) is 0.350. The van der Waals surface area contributed by atoms with Crippen molar-refractivity contribution in [1.29, 1.82) is 0 Å². The van der Waals surface area contributed by atoms with Crippen LogP contribution in [0.3, 0.4) is 0 Å². The molecule has 0 spiro atoms. The molecule has 1 aliphatic rings. The second kappa shape index (κ2) is 8.62. The van der Waals surface area contributed by atoms with E-state index >= 15 is 0 Å². The lowest BCUT2D eigenvalue weighted by Gasteiger charge is -2.22. The normalized spacial score (nSPS) is 17.1. The Morgan fingerprint density at radius 3 is 2.72 bits per heavy atom. The van der Waals surface area contributed by atoms with Gasteiger partial charge in [-0.25, -0.2) is 4.39 Å². The first-order valence-electron chi connectivity index (χ1n) is 8.68. The average Bonchev–Trinajstić information content (AvgIpc) is 2.66. The molecule has 2 N–H and O–H groups in total. The largest absolute Gasteiger partial charge is 0.489 e.